The van der Waals surface area contributed by atoms with Crippen LogP contribution in [0.1, 0.15) is 29.8 Å². The number of oxime groups is 1. The zero-order chi connectivity index (χ0) is 17.8. The molecule has 0 aliphatic heterocycles. The largest absolute Gasteiger partial charge is 0.411 e. The van der Waals surface area contributed by atoms with E-state index >= 15 is 0 Å². The van der Waals surface area contributed by atoms with Crippen LogP contribution < -0.4 is 5.90 Å². The van der Waals surface area contributed by atoms with Crippen molar-refractivity contribution in [2.45, 2.75) is 13.8 Å². The maximum Gasteiger partial charge on any atom is 0.159 e. The summed E-state index contributed by atoms with van der Waals surface area (Å²) in [5.74, 6) is 2.85. The van der Waals surface area contributed by atoms with Crippen molar-refractivity contribution in [2.24, 2.45) is 11.1 Å². The van der Waals surface area contributed by atoms with Gasteiger partial charge in [-0.15, -0.1) is 12.4 Å². The Morgan fingerprint density at radius 3 is 1.50 bits per heavy atom. The van der Waals surface area contributed by atoms with Crippen LogP contribution in [0.5, 0.6) is 0 Å². The third-order valence-corrected chi connectivity index (χ3v) is 2.66. The lowest BCUT2D eigenvalue weighted by molar-refractivity contribution is 0.101. The maximum atomic E-state index is 12.4. The van der Waals surface area contributed by atoms with Crippen molar-refractivity contribution >= 4 is 23.9 Å². The molecule has 0 aliphatic carbocycles. The number of hydrogen-bond donors (Lipinski definition) is 3. The summed E-state index contributed by atoms with van der Waals surface area (Å²) >= 11 is 0. The van der Waals surface area contributed by atoms with Gasteiger partial charge in [0.2, 0.25) is 0 Å². The summed E-state index contributed by atoms with van der Waals surface area (Å²) in [5, 5.41) is 17.8. The summed E-state index contributed by atoms with van der Waals surface area (Å²) in [6.45, 7) is 3.10. The fourth-order valence-corrected chi connectivity index (χ4v) is 1.43. The third kappa shape index (κ3) is 8.94. The van der Waals surface area contributed by atoms with Crippen molar-refractivity contribution < 1.29 is 24.0 Å². The van der Waals surface area contributed by atoms with E-state index in [0.29, 0.717) is 16.8 Å². The van der Waals surface area contributed by atoms with Gasteiger partial charge in [0.1, 0.15) is 11.6 Å². The van der Waals surface area contributed by atoms with Crippen LogP contribution in [0, 0.1) is 11.6 Å². The minimum Gasteiger partial charge on any atom is -0.411 e. The first-order valence-corrected chi connectivity index (χ1v) is 6.41. The van der Waals surface area contributed by atoms with E-state index in [1.54, 1.807) is 19.1 Å². The Labute approximate surface area is 144 Å². The molecular weight excluding hydrogens is 342 g/mol. The molecule has 0 aliphatic rings. The molecule has 0 radical (unpaired) electrons. The quantitative estimate of drug-likeness (QED) is 0.328. The molecule has 0 heterocycles. The highest BCUT2D eigenvalue weighted by Gasteiger charge is 1.97. The van der Waals surface area contributed by atoms with Crippen LogP contribution in [0.4, 0.5) is 8.78 Å². The highest BCUT2D eigenvalue weighted by atomic mass is 35.5. The van der Waals surface area contributed by atoms with Crippen molar-refractivity contribution in [1.29, 1.82) is 0 Å². The first-order valence-electron chi connectivity index (χ1n) is 6.41. The lowest BCUT2D eigenvalue weighted by Crippen LogP contribution is -1.93. The fraction of sp³-hybridized carbons (Fsp3) is 0.125. The highest BCUT2D eigenvalue weighted by Crippen LogP contribution is 2.03. The van der Waals surface area contributed by atoms with E-state index in [4.69, 9.17) is 10.4 Å². The molecule has 0 saturated carbocycles. The van der Waals surface area contributed by atoms with Gasteiger partial charge in [-0.1, -0.05) is 17.3 Å². The molecule has 132 valence electrons. The van der Waals surface area contributed by atoms with E-state index in [-0.39, 0.29) is 29.8 Å². The van der Waals surface area contributed by atoms with Crippen LogP contribution in [0.3, 0.4) is 0 Å². The van der Waals surface area contributed by atoms with Crippen LogP contribution in [-0.2, 0) is 0 Å². The Morgan fingerprint density at radius 2 is 1.21 bits per heavy atom. The zero-order valence-electron chi connectivity index (χ0n) is 13.1. The second-order valence-corrected chi connectivity index (χ2v) is 4.26. The molecule has 2 aromatic carbocycles. The smallest absolute Gasteiger partial charge is 0.159 e. The van der Waals surface area contributed by atoms with Gasteiger partial charge in [-0.05, 0) is 55.8 Å². The molecule has 0 atom stereocenters. The van der Waals surface area contributed by atoms with E-state index in [2.05, 4.69) is 11.1 Å². The van der Waals surface area contributed by atoms with E-state index in [1.807, 2.05) is 0 Å². The Kier molecular flexibility index (Phi) is 13.1. The van der Waals surface area contributed by atoms with Gasteiger partial charge in [-0.25, -0.2) is 14.7 Å². The Morgan fingerprint density at radius 1 is 0.875 bits per heavy atom. The molecule has 24 heavy (non-hydrogen) atoms. The predicted molar refractivity (Wildman–Crippen MR) is 90.0 cm³/mol. The number of ketones is 1. The number of carbonyl (C=O) groups is 1. The van der Waals surface area contributed by atoms with Gasteiger partial charge in [0.25, 0.3) is 0 Å². The Bertz CT molecular complexity index is 633. The Balaban J connectivity index is 0. The van der Waals surface area contributed by atoms with Crippen molar-refractivity contribution in [1.82, 2.24) is 0 Å². The van der Waals surface area contributed by atoms with E-state index in [1.165, 1.54) is 43.3 Å². The topological polar surface area (TPSA) is 95.9 Å². The van der Waals surface area contributed by atoms with Crippen molar-refractivity contribution in [3.05, 3.63) is 71.3 Å². The molecule has 2 aromatic rings. The number of carbonyl (C=O) groups excluding carboxylic acids is 1. The first kappa shape index (κ1) is 23.9. The fourth-order valence-electron chi connectivity index (χ4n) is 1.43. The van der Waals surface area contributed by atoms with Crippen LogP contribution in [0.15, 0.2) is 53.7 Å². The van der Waals surface area contributed by atoms with Crippen LogP contribution >= 0.6 is 12.4 Å². The highest BCUT2D eigenvalue weighted by molar-refractivity contribution is 5.98. The van der Waals surface area contributed by atoms with Gasteiger partial charge in [-0.2, -0.15) is 0 Å². The lowest BCUT2D eigenvalue weighted by atomic mass is 10.1. The summed E-state index contributed by atoms with van der Waals surface area (Å²) < 4.78 is 24.6. The lowest BCUT2D eigenvalue weighted by Gasteiger charge is -1.95. The van der Waals surface area contributed by atoms with E-state index < -0.39 is 0 Å². The van der Waals surface area contributed by atoms with Gasteiger partial charge in [0.15, 0.2) is 5.78 Å². The predicted octanol–water partition coefficient (Wildman–Crippen LogP) is 3.81. The van der Waals surface area contributed by atoms with Gasteiger partial charge in [0.05, 0.1) is 5.71 Å². The molecule has 2 rings (SSSR count). The molecule has 5 nitrogen and oxygen atoms in total. The average Bonchev–Trinajstić information content (AvgIpc) is 2.57. The SMILES string of the molecule is CC(=NO)c1ccc(F)cc1.CC(=O)c1ccc(F)cc1.Cl.NO. The van der Waals surface area contributed by atoms with Crippen LogP contribution in [0.25, 0.3) is 0 Å². The van der Waals surface area contributed by atoms with Gasteiger partial charge in [-0.3, -0.25) is 4.79 Å². The van der Waals surface area contributed by atoms with Crippen molar-refractivity contribution in [3.63, 3.8) is 0 Å². The summed E-state index contributed by atoms with van der Waals surface area (Å²) in [5.41, 5.74) is 1.74. The second kappa shape index (κ2) is 13.1. The summed E-state index contributed by atoms with van der Waals surface area (Å²) in [7, 11) is 0. The maximum absolute atomic E-state index is 12.4. The molecular formula is C16H19ClF2N2O3. The average molecular weight is 361 g/mol. The first-order chi connectivity index (χ1) is 10.9. The molecule has 0 amide bonds. The monoisotopic (exact) mass is 360 g/mol. The number of halogens is 3. The minimum absolute atomic E-state index is 0. The van der Waals surface area contributed by atoms with Crippen LogP contribution in [0.2, 0.25) is 0 Å². The number of Topliss-reactive ketones (excluding diaryl/α,β-unsaturated/α-hetero) is 1. The molecule has 0 bridgehead atoms. The van der Waals surface area contributed by atoms with Crippen molar-refractivity contribution in [3.8, 4) is 0 Å². The minimum atomic E-state index is -0.315. The van der Waals surface area contributed by atoms with Gasteiger partial charge >= 0.3 is 0 Å². The second-order valence-electron chi connectivity index (χ2n) is 4.26. The third-order valence-electron chi connectivity index (χ3n) is 2.66. The number of benzene rings is 2. The number of nitrogens with two attached hydrogens (primary N) is 1. The molecule has 0 unspecified atom stereocenters. The summed E-state index contributed by atoms with van der Waals surface area (Å²) in [4.78, 5) is 10.6. The summed E-state index contributed by atoms with van der Waals surface area (Å²) in [6, 6.07) is 11.3. The van der Waals surface area contributed by atoms with E-state index in [9.17, 15) is 13.6 Å². The molecule has 0 fully saturated rings. The molecule has 0 spiro atoms. The molecule has 0 aromatic heterocycles. The van der Waals surface area contributed by atoms with Gasteiger partial charge in [0, 0.05) is 5.56 Å². The zero-order valence-corrected chi connectivity index (χ0v) is 13.9. The number of hydrogen-bond acceptors (Lipinski definition) is 5. The standard InChI is InChI=1S/C8H8FNO.C8H7FO.ClH.H3NO/c1-6(10-11)7-2-4-8(9)5-3-7;1-6(10)7-2-4-8(9)5-3-7;;1-2/h2-5,11H,1H3;2-5H,1H3;1H;2H,1H2. The molecule has 0 saturated heterocycles. The number of rotatable bonds is 2. The Hall–Kier alpha value is -2.35. The molecule has 8 heteroatoms. The van der Waals surface area contributed by atoms with E-state index in [0.717, 1.165) is 0 Å². The van der Waals surface area contributed by atoms with Crippen LogP contribution in [-0.4, -0.2) is 21.9 Å². The van der Waals surface area contributed by atoms with Gasteiger partial charge < -0.3 is 10.4 Å². The molecule has 4 N–H and O–H groups in total. The summed E-state index contributed by atoms with van der Waals surface area (Å²) in [6.07, 6.45) is 0. The normalized spacial score (nSPS) is 9.50. The van der Waals surface area contributed by atoms with Crippen molar-refractivity contribution in [2.75, 3.05) is 0 Å². The number of nitrogens with zero attached hydrogens (tertiary/aromatic N) is 1.